The van der Waals surface area contributed by atoms with Crippen LogP contribution in [0, 0.1) is 0 Å². The number of hydrogen-bond acceptors (Lipinski definition) is 2. The van der Waals surface area contributed by atoms with Crippen LogP contribution in [0.4, 0.5) is 0 Å². The molecule has 13 heavy (non-hydrogen) atoms. The van der Waals surface area contributed by atoms with E-state index in [-0.39, 0.29) is 0 Å². The van der Waals surface area contributed by atoms with Gasteiger partial charge in [0.05, 0.1) is 11.6 Å². The van der Waals surface area contributed by atoms with Gasteiger partial charge in [0, 0.05) is 18.6 Å². The number of hydrogen-bond donors (Lipinski definition) is 1. The molecule has 1 atom stereocenters. The molecule has 2 aromatic rings. The predicted molar refractivity (Wildman–Crippen MR) is 51.3 cm³/mol. The van der Waals surface area contributed by atoms with E-state index in [2.05, 4.69) is 5.10 Å². The largest absolute Gasteiger partial charge is 0.389 e. The average Bonchev–Trinajstić information content (AvgIpc) is 2.42. The third-order valence-corrected chi connectivity index (χ3v) is 2.13. The Morgan fingerprint density at radius 1 is 1.46 bits per heavy atom. The van der Waals surface area contributed by atoms with Crippen molar-refractivity contribution >= 4 is 10.9 Å². The highest BCUT2D eigenvalue weighted by Gasteiger charge is 2.03. The SMILES string of the molecule is CC(O)c1ccc2nn(C)cc2c1. The summed E-state index contributed by atoms with van der Waals surface area (Å²) in [7, 11) is 1.89. The minimum absolute atomic E-state index is 0.412. The summed E-state index contributed by atoms with van der Waals surface area (Å²) in [5.74, 6) is 0. The van der Waals surface area contributed by atoms with E-state index in [1.807, 2.05) is 31.4 Å². The molecule has 1 heterocycles. The Labute approximate surface area is 76.6 Å². The number of fused-ring (bicyclic) bond motifs is 1. The van der Waals surface area contributed by atoms with E-state index in [1.54, 1.807) is 11.6 Å². The Morgan fingerprint density at radius 2 is 2.23 bits per heavy atom. The highest BCUT2D eigenvalue weighted by molar-refractivity contribution is 5.78. The molecule has 1 aromatic heterocycles. The first kappa shape index (κ1) is 8.26. The molecule has 0 spiro atoms. The van der Waals surface area contributed by atoms with Crippen LogP contribution in [0.25, 0.3) is 10.9 Å². The fourth-order valence-corrected chi connectivity index (χ4v) is 1.43. The number of nitrogens with zero attached hydrogens (tertiary/aromatic N) is 2. The average molecular weight is 176 g/mol. The van der Waals surface area contributed by atoms with Crippen molar-refractivity contribution in [2.45, 2.75) is 13.0 Å². The molecule has 2 rings (SSSR count). The summed E-state index contributed by atoms with van der Waals surface area (Å²) in [6.45, 7) is 1.76. The number of rotatable bonds is 1. The summed E-state index contributed by atoms with van der Waals surface area (Å²) in [4.78, 5) is 0. The van der Waals surface area contributed by atoms with Gasteiger partial charge in [0.2, 0.25) is 0 Å². The molecule has 0 saturated carbocycles. The molecule has 0 saturated heterocycles. The number of aromatic nitrogens is 2. The second-order valence-electron chi connectivity index (χ2n) is 3.30. The lowest BCUT2D eigenvalue weighted by atomic mass is 10.1. The Morgan fingerprint density at radius 3 is 2.92 bits per heavy atom. The number of aryl methyl sites for hydroxylation is 1. The van der Waals surface area contributed by atoms with Crippen LogP contribution < -0.4 is 0 Å². The van der Waals surface area contributed by atoms with E-state index < -0.39 is 6.10 Å². The van der Waals surface area contributed by atoms with Crippen LogP contribution >= 0.6 is 0 Å². The summed E-state index contributed by atoms with van der Waals surface area (Å²) >= 11 is 0. The topological polar surface area (TPSA) is 38.1 Å². The minimum Gasteiger partial charge on any atom is -0.389 e. The normalized spacial score (nSPS) is 13.5. The summed E-state index contributed by atoms with van der Waals surface area (Å²) in [5.41, 5.74) is 1.90. The third kappa shape index (κ3) is 1.42. The molecule has 68 valence electrons. The van der Waals surface area contributed by atoms with Gasteiger partial charge in [-0.1, -0.05) is 6.07 Å². The van der Waals surface area contributed by atoms with E-state index in [0.717, 1.165) is 16.5 Å². The fraction of sp³-hybridized carbons (Fsp3) is 0.300. The van der Waals surface area contributed by atoms with Gasteiger partial charge in [-0.25, -0.2) is 0 Å². The van der Waals surface area contributed by atoms with Crippen molar-refractivity contribution in [1.82, 2.24) is 9.78 Å². The molecule has 1 N–H and O–H groups in total. The van der Waals surface area contributed by atoms with Crippen molar-refractivity contribution in [3.05, 3.63) is 30.0 Å². The maximum absolute atomic E-state index is 9.36. The van der Waals surface area contributed by atoms with Gasteiger partial charge >= 0.3 is 0 Å². The predicted octanol–water partition coefficient (Wildman–Crippen LogP) is 1.63. The van der Waals surface area contributed by atoms with Gasteiger partial charge in [0.1, 0.15) is 0 Å². The zero-order valence-electron chi connectivity index (χ0n) is 7.73. The lowest BCUT2D eigenvalue weighted by Crippen LogP contribution is -1.89. The Kier molecular flexibility index (Phi) is 1.81. The van der Waals surface area contributed by atoms with E-state index in [0.29, 0.717) is 0 Å². The molecular weight excluding hydrogens is 164 g/mol. The first-order chi connectivity index (χ1) is 6.16. The van der Waals surface area contributed by atoms with Crippen molar-refractivity contribution in [3.63, 3.8) is 0 Å². The monoisotopic (exact) mass is 176 g/mol. The zero-order chi connectivity index (χ0) is 9.42. The van der Waals surface area contributed by atoms with E-state index in [9.17, 15) is 5.11 Å². The molecule has 3 heteroatoms. The zero-order valence-corrected chi connectivity index (χ0v) is 7.73. The molecule has 0 fully saturated rings. The fourth-order valence-electron chi connectivity index (χ4n) is 1.43. The van der Waals surface area contributed by atoms with Crippen LogP contribution in [0.1, 0.15) is 18.6 Å². The molecule has 0 amide bonds. The highest BCUT2D eigenvalue weighted by Crippen LogP contribution is 2.18. The number of aliphatic hydroxyl groups excluding tert-OH is 1. The molecule has 0 aliphatic heterocycles. The van der Waals surface area contributed by atoms with Gasteiger partial charge in [-0.2, -0.15) is 5.10 Å². The standard InChI is InChI=1S/C10H12N2O/c1-7(13)8-3-4-10-9(5-8)6-12(2)11-10/h3-7,13H,1-2H3. The lowest BCUT2D eigenvalue weighted by Gasteiger charge is -2.02. The molecule has 0 aliphatic carbocycles. The summed E-state index contributed by atoms with van der Waals surface area (Å²) in [5, 5.41) is 14.7. The Balaban J connectivity index is 2.61. The molecule has 3 nitrogen and oxygen atoms in total. The smallest absolute Gasteiger partial charge is 0.0923 e. The summed E-state index contributed by atoms with van der Waals surface area (Å²) < 4.78 is 1.77. The first-order valence-electron chi connectivity index (χ1n) is 4.28. The molecule has 0 radical (unpaired) electrons. The van der Waals surface area contributed by atoms with Crippen LogP contribution in [0.15, 0.2) is 24.4 Å². The highest BCUT2D eigenvalue weighted by atomic mass is 16.3. The van der Waals surface area contributed by atoms with Gasteiger partial charge in [-0.3, -0.25) is 4.68 Å². The first-order valence-corrected chi connectivity index (χ1v) is 4.28. The van der Waals surface area contributed by atoms with Gasteiger partial charge < -0.3 is 5.11 Å². The maximum atomic E-state index is 9.36. The molecular formula is C10H12N2O. The van der Waals surface area contributed by atoms with E-state index in [4.69, 9.17) is 0 Å². The minimum atomic E-state index is -0.412. The van der Waals surface area contributed by atoms with Crippen LogP contribution in [-0.4, -0.2) is 14.9 Å². The molecule has 0 aliphatic rings. The third-order valence-electron chi connectivity index (χ3n) is 2.13. The van der Waals surface area contributed by atoms with E-state index in [1.165, 1.54) is 0 Å². The summed E-state index contributed by atoms with van der Waals surface area (Å²) in [6.07, 6.45) is 1.53. The van der Waals surface area contributed by atoms with Gasteiger partial charge in [-0.05, 0) is 24.6 Å². The second kappa shape index (κ2) is 2.85. The molecule has 1 aromatic carbocycles. The van der Waals surface area contributed by atoms with Crippen molar-refractivity contribution in [1.29, 1.82) is 0 Å². The van der Waals surface area contributed by atoms with Crippen LogP contribution in [0.5, 0.6) is 0 Å². The van der Waals surface area contributed by atoms with Crippen molar-refractivity contribution < 1.29 is 5.11 Å². The Bertz CT molecular complexity index is 431. The van der Waals surface area contributed by atoms with Crippen LogP contribution in [0.2, 0.25) is 0 Å². The Hall–Kier alpha value is -1.35. The molecule has 0 bridgehead atoms. The van der Waals surface area contributed by atoms with Crippen molar-refractivity contribution in [2.24, 2.45) is 7.05 Å². The van der Waals surface area contributed by atoms with Crippen LogP contribution in [0.3, 0.4) is 0 Å². The molecule has 1 unspecified atom stereocenters. The van der Waals surface area contributed by atoms with E-state index >= 15 is 0 Å². The maximum Gasteiger partial charge on any atom is 0.0923 e. The lowest BCUT2D eigenvalue weighted by molar-refractivity contribution is 0.199. The van der Waals surface area contributed by atoms with Gasteiger partial charge in [-0.15, -0.1) is 0 Å². The van der Waals surface area contributed by atoms with Crippen molar-refractivity contribution in [2.75, 3.05) is 0 Å². The quantitative estimate of drug-likeness (QED) is 0.717. The summed E-state index contributed by atoms with van der Waals surface area (Å²) in [6, 6.07) is 5.80. The van der Waals surface area contributed by atoms with Gasteiger partial charge in [0.25, 0.3) is 0 Å². The number of benzene rings is 1. The van der Waals surface area contributed by atoms with Gasteiger partial charge in [0.15, 0.2) is 0 Å². The van der Waals surface area contributed by atoms with Crippen LogP contribution in [-0.2, 0) is 7.05 Å². The number of aliphatic hydroxyl groups is 1. The van der Waals surface area contributed by atoms with Crippen molar-refractivity contribution in [3.8, 4) is 0 Å². The second-order valence-corrected chi connectivity index (χ2v) is 3.30.